The van der Waals surface area contributed by atoms with Gasteiger partial charge in [-0.15, -0.1) is 0 Å². The molecule has 3 aromatic rings. The molecule has 0 aliphatic heterocycles. The number of hydrogen-bond acceptors (Lipinski definition) is 5. The van der Waals surface area contributed by atoms with Crippen LogP contribution in [0.3, 0.4) is 0 Å². The van der Waals surface area contributed by atoms with Crippen LogP contribution < -0.4 is 4.74 Å². The largest absolute Gasteiger partial charge is 0.512 e. The monoisotopic (exact) mass is 340 g/mol. The average molecular weight is 340 g/mol. The molecule has 0 radical (unpaired) electrons. The van der Waals surface area contributed by atoms with Crippen molar-refractivity contribution in [2.45, 2.75) is 19.8 Å². The van der Waals surface area contributed by atoms with Crippen LogP contribution in [0.15, 0.2) is 48.7 Å². The summed E-state index contributed by atoms with van der Waals surface area (Å²) in [4.78, 5) is 19.9. The first kappa shape index (κ1) is 16.1. The third kappa shape index (κ3) is 3.60. The lowest BCUT2D eigenvalue weighted by Gasteiger charge is -2.00. The van der Waals surface area contributed by atoms with Gasteiger partial charge in [0.1, 0.15) is 10.7 Å². The van der Waals surface area contributed by atoms with Crippen LogP contribution in [0.2, 0.25) is 0 Å². The van der Waals surface area contributed by atoms with Crippen LogP contribution in [0.25, 0.3) is 21.8 Å². The van der Waals surface area contributed by atoms with E-state index in [2.05, 4.69) is 16.9 Å². The van der Waals surface area contributed by atoms with Crippen molar-refractivity contribution in [2.75, 3.05) is 0 Å². The Morgan fingerprint density at radius 2 is 2.00 bits per heavy atom. The first-order chi connectivity index (χ1) is 11.7. The third-order valence-corrected chi connectivity index (χ3v) is 4.38. The van der Waals surface area contributed by atoms with Crippen molar-refractivity contribution in [1.82, 2.24) is 9.97 Å². The predicted octanol–water partition coefficient (Wildman–Crippen LogP) is 4.88. The second kappa shape index (κ2) is 7.23. The number of rotatable bonds is 5. The first-order valence-electron chi connectivity index (χ1n) is 7.59. The Balaban J connectivity index is 2.05. The molecule has 3 rings (SSSR count). The maximum Gasteiger partial charge on any atom is 0.512 e. The van der Waals surface area contributed by atoms with Gasteiger partial charge in [0.25, 0.3) is 0 Å². The number of aryl methyl sites for hydroxylation is 1. The first-order valence-corrected chi connectivity index (χ1v) is 8.41. The molecule has 0 bridgehead atoms. The molecular formula is C18H16N2O3S. The highest BCUT2D eigenvalue weighted by Crippen LogP contribution is 2.39. The highest BCUT2D eigenvalue weighted by Gasteiger charge is 2.18. The Morgan fingerprint density at radius 3 is 2.71 bits per heavy atom. The number of benzene rings is 1. The molecule has 1 N–H and O–H groups in total. The summed E-state index contributed by atoms with van der Waals surface area (Å²) in [7, 11) is 0. The number of thiazole rings is 1. The second-order valence-corrected chi connectivity index (χ2v) is 6.14. The van der Waals surface area contributed by atoms with E-state index in [1.165, 1.54) is 11.3 Å². The minimum atomic E-state index is -1.34. The van der Waals surface area contributed by atoms with Gasteiger partial charge in [0, 0.05) is 23.0 Å². The van der Waals surface area contributed by atoms with E-state index in [4.69, 9.17) is 9.84 Å². The van der Waals surface area contributed by atoms with Gasteiger partial charge in [-0.3, -0.25) is 4.98 Å². The fraction of sp³-hybridized carbons (Fsp3) is 0.167. The lowest BCUT2D eigenvalue weighted by Crippen LogP contribution is -2.02. The van der Waals surface area contributed by atoms with Crippen LogP contribution >= 0.6 is 11.3 Å². The van der Waals surface area contributed by atoms with Crippen LogP contribution in [-0.4, -0.2) is 21.2 Å². The molecule has 0 aliphatic carbocycles. The highest BCUT2D eigenvalue weighted by molar-refractivity contribution is 7.17. The third-order valence-electron chi connectivity index (χ3n) is 3.39. The molecule has 2 heterocycles. The quantitative estimate of drug-likeness (QED) is 0.670. The highest BCUT2D eigenvalue weighted by atomic mass is 32.1. The van der Waals surface area contributed by atoms with Gasteiger partial charge in [0.2, 0.25) is 5.06 Å². The number of carbonyl (C=O) groups is 1. The van der Waals surface area contributed by atoms with Crippen molar-refractivity contribution < 1.29 is 14.6 Å². The normalized spacial score (nSPS) is 10.5. The molecule has 0 spiro atoms. The van der Waals surface area contributed by atoms with Crippen LogP contribution in [0, 0.1) is 0 Å². The Kier molecular flexibility index (Phi) is 4.86. The molecule has 6 heteroatoms. The summed E-state index contributed by atoms with van der Waals surface area (Å²) < 4.78 is 4.94. The van der Waals surface area contributed by atoms with Gasteiger partial charge in [-0.25, -0.2) is 9.78 Å². The SMILES string of the molecule is CCCc1cc(-c2nc(-c3ccccc3)c(OC(=O)O)s2)ccn1. The summed E-state index contributed by atoms with van der Waals surface area (Å²) in [5.41, 5.74) is 3.26. The van der Waals surface area contributed by atoms with Crippen molar-refractivity contribution in [3.8, 4) is 26.9 Å². The topological polar surface area (TPSA) is 72.3 Å². The van der Waals surface area contributed by atoms with E-state index in [1.54, 1.807) is 6.20 Å². The van der Waals surface area contributed by atoms with Crippen molar-refractivity contribution in [2.24, 2.45) is 0 Å². The molecule has 0 atom stereocenters. The molecule has 0 aliphatic rings. The van der Waals surface area contributed by atoms with Gasteiger partial charge in [0.15, 0.2) is 0 Å². The van der Waals surface area contributed by atoms with Crippen LogP contribution in [0.4, 0.5) is 4.79 Å². The fourth-order valence-corrected chi connectivity index (χ4v) is 3.29. The number of pyridine rings is 1. The molecule has 0 amide bonds. The van der Waals surface area contributed by atoms with E-state index in [0.29, 0.717) is 10.7 Å². The van der Waals surface area contributed by atoms with Crippen molar-refractivity contribution >= 4 is 17.5 Å². The number of carboxylic acid groups (broad SMARTS) is 1. The zero-order chi connectivity index (χ0) is 16.9. The molecule has 122 valence electrons. The Hall–Kier alpha value is -2.73. The van der Waals surface area contributed by atoms with E-state index >= 15 is 0 Å². The maximum atomic E-state index is 11.0. The lowest BCUT2D eigenvalue weighted by molar-refractivity contribution is 0.146. The molecule has 0 saturated carbocycles. The van der Waals surface area contributed by atoms with E-state index in [9.17, 15) is 4.79 Å². The minimum absolute atomic E-state index is 0.276. The lowest BCUT2D eigenvalue weighted by atomic mass is 10.1. The van der Waals surface area contributed by atoms with Gasteiger partial charge in [-0.2, -0.15) is 0 Å². The molecule has 24 heavy (non-hydrogen) atoms. The van der Waals surface area contributed by atoms with Gasteiger partial charge >= 0.3 is 6.16 Å². The van der Waals surface area contributed by atoms with Crippen LogP contribution in [0.5, 0.6) is 5.06 Å². The second-order valence-electron chi connectivity index (χ2n) is 5.17. The summed E-state index contributed by atoms with van der Waals surface area (Å²) in [5, 5.41) is 9.97. The van der Waals surface area contributed by atoms with Crippen LogP contribution in [0.1, 0.15) is 19.0 Å². The van der Waals surface area contributed by atoms with E-state index < -0.39 is 6.16 Å². The Labute approximate surface area is 143 Å². The van der Waals surface area contributed by atoms with Gasteiger partial charge < -0.3 is 9.84 Å². The Bertz CT molecular complexity index is 846. The molecule has 5 nitrogen and oxygen atoms in total. The van der Waals surface area contributed by atoms with Gasteiger partial charge in [-0.1, -0.05) is 55.0 Å². The fourth-order valence-electron chi connectivity index (χ4n) is 2.36. The molecule has 0 saturated heterocycles. The number of aromatic nitrogens is 2. The maximum absolute atomic E-state index is 11.0. The molecule has 1 aromatic carbocycles. The summed E-state index contributed by atoms with van der Waals surface area (Å²) in [5.74, 6) is 0. The molecule has 0 fully saturated rings. The number of ether oxygens (including phenoxy) is 1. The molecule has 2 aromatic heterocycles. The van der Waals surface area contributed by atoms with E-state index in [-0.39, 0.29) is 5.06 Å². The van der Waals surface area contributed by atoms with Crippen molar-refractivity contribution in [3.05, 3.63) is 54.4 Å². The van der Waals surface area contributed by atoms with Gasteiger partial charge in [0.05, 0.1) is 0 Å². The number of nitrogens with zero attached hydrogens (tertiary/aromatic N) is 2. The number of hydrogen-bond donors (Lipinski definition) is 1. The van der Waals surface area contributed by atoms with Crippen molar-refractivity contribution in [3.63, 3.8) is 0 Å². The average Bonchev–Trinajstić information content (AvgIpc) is 2.99. The summed E-state index contributed by atoms with van der Waals surface area (Å²) in [6.07, 6.45) is 2.31. The van der Waals surface area contributed by atoms with Crippen molar-refractivity contribution in [1.29, 1.82) is 0 Å². The van der Waals surface area contributed by atoms with E-state index in [1.807, 2.05) is 42.5 Å². The summed E-state index contributed by atoms with van der Waals surface area (Å²) in [6, 6.07) is 13.3. The van der Waals surface area contributed by atoms with Gasteiger partial charge in [-0.05, 0) is 18.6 Å². The zero-order valence-corrected chi connectivity index (χ0v) is 13.9. The molecular weight excluding hydrogens is 324 g/mol. The zero-order valence-electron chi connectivity index (χ0n) is 13.1. The van der Waals surface area contributed by atoms with Crippen LogP contribution in [-0.2, 0) is 6.42 Å². The molecule has 0 unspecified atom stereocenters. The van der Waals surface area contributed by atoms with E-state index in [0.717, 1.165) is 29.7 Å². The Morgan fingerprint density at radius 1 is 1.21 bits per heavy atom. The smallest absolute Gasteiger partial charge is 0.449 e. The predicted molar refractivity (Wildman–Crippen MR) is 93.4 cm³/mol. The summed E-state index contributed by atoms with van der Waals surface area (Å²) in [6.45, 7) is 2.10. The standard InChI is InChI=1S/C18H16N2O3S/c1-2-6-14-11-13(9-10-19-14)16-20-15(12-7-4-3-5-8-12)17(24-16)23-18(21)22/h3-5,7-11H,2,6H2,1H3,(H,21,22). The summed E-state index contributed by atoms with van der Waals surface area (Å²) >= 11 is 1.22. The minimum Gasteiger partial charge on any atom is -0.449 e.